The van der Waals surface area contributed by atoms with Crippen LogP contribution in [-0.4, -0.2) is 5.25 Å². The van der Waals surface area contributed by atoms with Gasteiger partial charge >= 0.3 is 0 Å². The molecule has 0 N–H and O–H groups in total. The minimum absolute atomic E-state index is 0.0231. The largest absolute Gasteiger partial charge is 0.212 e. The molecule has 0 aromatic carbocycles. The Balaban J connectivity index is 3.39. The first-order valence-electron chi connectivity index (χ1n) is 2.29. The second-order valence-corrected chi connectivity index (χ2v) is 3.15. The fraction of sp³-hybridized carbons (Fsp3) is 0.600. The van der Waals surface area contributed by atoms with Crippen molar-refractivity contribution in [3.8, 4) is 0 Å². The normalized spacial score (nSPS) is 12.9. The van der Waals surface area contributed by atoms with Gasteiger partial charge in [-0.05, 0) is 0 Å². The summed E-state index contributed by atoms with van der Waals surface area (Å²) in [5.74, 6) is 0. The molecule has 0 rings (SSSR count). The van der Waals surface area contributed by atoms with Crippen molar-refractivity contribution in [2.75, 3.05) is 0 Å². The topological polar surface area (TPSA) is 0 Å². The predicted molar refractivity (Wildman–Crippen MR) is 33.0 cm³/mol. The van der Waals surface area contributed by atoms with E-state index in [9.17, 15) is 8.78 Å². The van der Waals surface area contributed by atoms with Crippen molar-refractivity contribution in [3.63, 3.8) is 0 Å². The Morgan fingerprint density at radius 1 is 1.62 bits per heavy atom. The number of halogens is 2. The zero-order chi connectivity index (χ0) is 6.57. The minimum atomic E-state index is -0.750. The lowest BCUT2D eigenvalue weighted by Gasteiger charge is -1.96. The van der Waals surface area contributed by atoms with E-state index in [0.717, 1.165) is 11.8 Å². The van der Waals surface area contributed by atoms with Crippen LogP contribution in [0.1, 0.15) is 13.8 Å². The molecule has 0 saturated carbocycles. The SMILES string of the molecule is CC(C)S/C(F)=C/F. The summed E-state index contributed by atoms with van der Waals surface area (Å²) in [6, 6.07) is 0. The molecule has 0 amide bonds. The number of hydrogen-bond acceptors (Lipinski definition) is 1. The predicted octanol–water partition coefficient (Wildman–Crippen LogP) is 2.87. The maximum Gasteiger partial charge on any atom is 0.184 e. The van der Waals surface area contributed by atoms with Crippen LogP contribution in [0, 0.1) is 0 Å². The first-order chi connectivity index (χ1) is 3.66. The molecular formula is C5H8F2S. The average Bonchev–Trinajstić information content (AvgIpc) is 1.65. The lowest BCUT2D eigenvalue weighted by molar-refractivity contribution is 0.629. The minimum Gasteiger partial charge on any atom is -0.212 e. The third-order valence-electron chi connectivity index (χ3n) is 0.434. The molecule has 48 valence electrons. The van der Waals surface area contributed by atoms with E-state index in [-0.39, 0.29) is 11.6 Å². The summed E-state index contributed by atoms with van der Waals surface area (Å²) in [6.07, 6.45) is -0.0231. The van der Waals surface area contributed by atoms with Gasteiger partial charge in [-0.2, -0.15) is 4.39 Å². The van der Waals surface area contributed by atoms with Crippen LogP contribution in [0.2, 0.25) is 0 Å². The second-order valence-electron chi connectivity index (χ2n) is 1.58. The standard InChI is InChI=1S/C5H8F2S/c1-4(2)8-5(7)3-6/h3-4H,1-2H3/b5-3+. The van der Waals surface area contributed by atoms with Gasteiger partial charge in [0.2, 0.25) is 0 Å². The summed E-state index contributed by atoms with van der Waals surface area (Å²) in [5.41, 5.74) is 0. The van der Waals surface area contributed by atoms with Crippen LogP contribution in [0.25, 0.3) is 0 Å². The van der Waals surface area contributed by atoms with E-state index in [1.165, 1.54) is 0 Å². The van der Waals surface area contributed by atoms with E-state index in [1.807, 2.05) is 0 Å². The van der Waals surface area contributed by atoms with Crippen LogP contribution < -0.4 is 0 Å². The van der Waals surface area contributed by atoms with E-state index >= 15 is 0 Å². The molecule has 0 spiro atoms. The Kier molecular flexibility index (Phi) is 3.87. The monoisotopic (exact) mass is 138 g/mol. The van der Waals surface area contributed by atoms with Crippen LogP contribution in [0.5, 0.6) is 0 Å². The molecule has 0 aliphatic heterocycles. The summed E-state index contributed by atoms with van der Waals surface area (Å²) in [4.78, 5) is 0. The second kappa shape index (κ2) is 3.89. The first-order valence-corrected chi connectivity index (χ1v) is 3.17. The molecule has 0 nitrogen and oxygen atoms in total. The number of hydrogen-bond donors (Lipinski definition) is 0. The summed E-state index contributed by atoms with van der Waals surface area (Å²) in [6.45, 7) is 3.60. The lowest BCUT2D eigenvalue weighted by Crippen LogP contribution is -1.83. The summed E-state index contributed by atoms with van der Waals surface area (Å²) >= 11 is 0.874. The van der Waals surface area contributed by atoms with Crippen LogP contribution in [0.3, 0.4) is 0 Å². The summed E-state index contributed by atoms with van der Waals surface area (Å²) in [5, 5.41) is -0.637. The Morgan fingerprint density at radius 3 is 2.25 bits per heavy atom. The van der Waals surface area contributed by atoms with Gasteiger partial charge in [0.1, 0.15) is 6.33 Å². The van der Waals surface area contributed by atoms with Gasteiger partial charge in [-0.25, -0.2) is 4.39 Å². The first kappa shape index (κ1) is 7.95. The van der Waals surface area contributed by atoms with Crippen LogP contribution >= 0.6 is 11.8 Å². The molecule has 0 radical (unpaired) electrons. The van der Waals surface area contributed by atoms with E-state index in [1.54, 1.807) is 13.8 Å². The molecule has 0 fully saturated rings. The molecule has 0 atom stereocenters. The summed E-state index contributed by atoms with van der Waals surface area (Å²) < 4.78 is 23.0. The van der Waals surface area contributed by atoms with Crippen molar-refractivity contribution >= 4 is 11.8 Å². The Morgan fingerprint density at radius 2 is 2.12 bits per heavy atom. The molecule has 3 heteroatoms. The number of thioether (sulfide) groups is 1. The zero-order valence-electron chi connectivity index (χ0n) is 4.82. The third-order valence-corrected chi connectivity index (χ3v) is 1.22. The molecule has 8 heavy (non-hydrogen) atoms. The maximum atomic E-state index is 11.8. The van der Waals surface area contributed by atoms with E-state index in [0.29, 0.717) is 0 Å². The fourth-order valence-corrected chi connectivity index (χ4v) is 0.753. The molecule has 0 unspecified atom stereocenters. The quantitative estimate of drug-likeness (QED) is 0.565. The van der Waals surface area contributed by atoms with Gasteiger partial charge in [0.15, 0.2) is 5.16 Å². The van der Waals surface area contributed by atoms with E-state index in [4.69, 9.17) is 0 Å². The lowest BCUT2D eigenvalue weighted by atomic mass is 10.6. The van der Waals surface area contributed by atoms with Gasteiger partial charge < -0.3 is 0 Å². The number of rotatable bonds is 2. The zero-order valence-corrected chi connectivity index (χ0v) is 5.64. The molecule has 0 aliphatic carbocycles. The van der Waals surface area contributed by atoms with Crippen LogP contribution in [-0.2, 0) is 0 Å². The molecule has 0 aromatic heterocycles. The molecule has 0 bridgehead atoms. The van der Waals surface area contributed by atoms with Crippen molar-refractivity contribution in [3.05, 3.63) is 11.5 Å². The molecule has 0 aromatic rings. The molecule has 0 heterocycles. The highest BCUT2D eigenvalue weighted by Gasteiger charge is 1.97. The van der Waals surface area contributed by atoms with E-state index in [2.05, 4.69) is 0 Å². The Hall–Kier alpha value is -0.0500. The van der Waals surface area contributed by atoms with Gasteiger partial charge in [-0.1, -0.05) is 25.6 Å². The molecular weight excluding hydrogens is 130 g/mol. The van der Waals surface area contributed by atoms with Crippen molar-refractivity contribution < 1.29 is 8.78 Å². The van der Waals surface area contributed by atoms with Gasteiger partial charge in [-0.15, -0.1) is 0 Å². The third kappa shape index (κ3) is 4.12. The molecule has 0 aliphatic rings. The van der Waals surface area contributed by atoms with Crippen molar-refractivity contribution in [2.45, 2.75) is 19.1 Å². The van der Waals surface area contributed by atoms with E-state index < -0.39 is 5.16 Å². The van der Waals surface area contributed by atoms with Crippen LogP contribution in [0.4, 0.5) is 8.78 Å². The highest BCUT2D eigenvalue weighted by Crippen LogP contribution is 2.21. The molecule has 0 saturated heterocycles. The van der Waals surface area contributed by atoms with Gasteiger partial charge in [0, 0.05) is 5.25 Å². The van der Waals surface area contributed by atoms with Crippen molar-refractivity contribution in [1.82, 2.24) is 0 Å². The average molecular weight is 138 g/mol. The van der Waals surface area contributed by atoms with Gasteiger partial charge in [0.05, 0.1) is 0 Å². The Labute approximate surface area is 52.0 Å². The summed E-state index contributed by atoms with van der Waals surface area (Å²) in [7, 11) is 0. The maximum absolute atomic E-state index is 11.8. The van der Waals surface area contributed by atoms with Gasteiger partial charge in [-0.3, -0.25) is 0 Å². The Bertz CT molecular complexity index is 88.4. The highest BCUT2D eigenvalue weighted by molar-refractivity contribution is 8.03. The van der Waals surface area contributed by atoms with Crippen molar-refractivity contribution in [1.29, 1.82) is 0 Å². The fourth-order valence-electron chi connectivity index (χ4n) is 0.251. The van der Waals surface area contributed by atoms with Crippen molar-refractivity contribution in [2.24, 2.45) is 0 Å². The van der Waals surface area contributed by atoms with Gasteiger partial charge in [0.25, 0.3) is 0 Å². The smallest absolute Gasteiger partial charge is 0.184 e. The van der Waals surface area contributed by atoms with Crippen LogP contribution in [0.15, 0.2) is 11.5 Å². The highest BCUT2D eigenvalue weighted by atomic mass is 32.2.